The van der Waals surface area contributed by atoms with Crippen LogP contribution >= 0.6 is 0 Å². The van der Waals surface area contributed by atoms with Crippen LogP contribution in [0.15, 0.2) is 48.5 Å². The van der Waals surface area contributed by atoms with Crippen molar-refractivity contribution in [2.45, 2.75) is 58.2 Å². The van der Waals surface area contributed by atoms with E-state index in [4.69, 9.17) is 0 Å². The highest BCUT2D eigenvalue weighted by molar-refractivity contribution is 5.81. The third kappa shape index (κ3) is 4.77. The van der Waals surface area contributed by atoms with E-state index in [2.05, 4.69) is 56.6 Å². The Morgan fingerprint density at radius 2 is 1.55 bits per heavy atom. The average molecular weight is 456 g/mol. The predicted octanol–water partition coefficient (Wildman–Crippen LogP) is 4.90. The lowest BCUT2D eigenvalue weighted by molar-refractivity contribution is -0.137. The third-order valence-electron chi connectivity index (χ3n) is 7.23. The molecule has 0 aliphatic carbocycles. The second-order valence-corrected chi connectivity index (χ2v) is 10.6. The summed E-state index contributed by atoms with van der Waals surface area (Å²) in [5, 5.41) is 0. The summed E-state index contributed by atoms with van der Waals surface area (Å²) in [7, 11) is 0. The number of benzene rings is 2. The highest BCUT2D eigenvalue weighted by Gasteiger charge is 2.45. The van der Waals surface area contributed by atoms with Crippen LogP contribution in [0.5, 0.6) is 0 Å². The maximum Gasteiger partial charge on any atom is 0.227 e. The number of piperazine rings is 1. The Balaban J connectivity index is 1.58. The predicted molar refractivity (Wildman–Crippen MR) is 128 cm³/mol. The molecular formula is C27H35F2N3O. The number of para-hydroxylation sites is 1. The Labute approximate surface area is 196 Å². The second-order valence-electron chi connectivity index (χ2n) is 10.6. The van der Waals surface area contributed by atoms with Crippen molar-refractivity contribution in [2.75, 3.05) is 31.1 Å². The lowest BCUT2D eigenvalue weighted by Crippen LogP contribution is -2.59. The molecule has 4 nitrogen and oxygen atoms in total. The molecule has 0 bridgehead atoms. The second kappa shape index (κ2) is 9.05. The van der Waals surface area contributed by atoms with Gasteiger partial charge >= 0.3 is 0 Å². The molecule has 0 aromatic heterocycles. The number of hydrogen-bond acceptors (Lipinski definition) is 3. The first kappa shape index (κ1) is 23.7. The molecule has 1 amide bonds. The molecule has 0 saturated carbocycles. The number of rotatable bonds is 3. The van der Waals surface area contributed by atoms with E-state index in [9.17, 15) is 13.6 Å². The van der Waals surface area contributed by atoms with Crippen LogP contribution < -0.4 is 4.90 Å². The topological polar surface area (TPSA) is 26.8 Å². The van der Waals surface area contributed by atoms with Crippen LogP contribution in [0.3, 0.4) is 0 Å². The standard InChI is InChI=1S/C27H35F2N3O/c1-18-14-30(15-19(2)32(18)21-9-7-6-8-10-21)26(33)24-17-31(27(3,4)5)16-23(24)22-12-11-20(28)13-25(22)29/h6-13,18-19,23-24H,14-17H2,1-5H3/t18-,19+,23?,24?. The minimum absolute atomic E-state index is 0.0712. The maximum atomic E-state index is 14.8. The molecule has 0 radical (unpaired) electrons. The molecule has 2 aromatic rings. The number of hydrogen-bond donors (Lipinski definition) is 0. The van der Waals surface area contributed by atoms with Crippen LogP contribution in [0.25, 0.3) is 0 Å². The number of likely N-dealkylation sites (tertiary alicyclic amines) is 1. The zero-order valence-electron chi connectivity index (χ0n) is 20.3. The van der Waals surface area contributed by atoms with E-state index in [1.165, 1.54) is 12.1 Å². The van der Waals surface area contributed by atoms with Gasteiger partial charge in [0.25, 0.3) is 0 Å². The fourth-order valence-electron chi connectivity index (χ4n) is 5.57. The van der Waals surface area contributed by atoms with Crippen LogP contribution in [-0.4, -0.2) is 59.5 Å². The van der Waals surface area contributed by atoms with Gasteiger partial charge in [0.2, 0.25) is 5.91 Å². The van der Waals surface area contributed by atoms with Gasteiger partial charge in [0, 0.05) is 61.5 Å². The molecule has 2 heterocycles. The molecule has 2 saturated heterocycles. The van der Waals surface area contributed by atoms with Gasteiger partial charge in [0.15, 0.2) is 0 Å². The van der Waals surface area contributed by atoms with E-state index >= 15 is 0 Å². The largest absolute Gasteiger partial charge is 0.363 e. The van der Waals surface area contributed by atoms with Crippen molar-refractivity contribution in [3.05, 3.63) is 65.7 Å². The lowest BCUT2D eigenvalue weighted by Gasteiger charge is -2.46. The quantitative estimate of drug-likeness (QED) is 0.658. The van der Waals surface area contributed by atoms with Gasteiger partial charge in [-0.25, -0.2) is 8.78 Å². The highest BCUT2D eigenvalue weighted by atomic mass is 19.1. The molecule has 2 fully saturated rings. The Kier molecular flexibility index (Phi) is 6.50. The number of nitrogens with zero attached hydrogens (tertiary/aromatic N) is 3. The van der Waals surface area contributed by atoms with E-state index in [-0.39, 0.29) is 35.4 Å². The molecule has 33 heavy (non-hydrogen) atoms. The average Bonchev–Trinajstić information content (AvgIpc) is 3.19. The van der Waals surface area contributed by atoms with Crippen LogP contribution in [0.4, 0.5) is 14.5 Å². The number of amides is 1. The van der Waals surface area contributed by atoms with Gasteiger partial charge in [0.05, 0.1) is 5.92 Å². The minimum Gasteiger partial charge on any atom is -0.363 e. The number of carbonyl (C=O) groups excluding carboxylic acids is 1. The van der Waals surface area contributed by atoms with Crippen molar-refractivity contribution < 1.29 is 13.6 Å². The Morgan fingerprint density at radius 3 is 2.12 bits per heavy atom. The summed E-state index contributed by atoms with van der Waals surface area (Å²) in [6.07, 6.45) is 0. The van der Waals surface area contributed by atoms with Gasteiger partial charge in [-0.1, -0.05) is 24.3 Å². The van der Waals surface area contributed by atoms with E-state index in [1.807, 2.05) is 23.1 Å². The zero-order valence-corrected chi connectivity index (χ0v) is 20.3. The molecule has 0 spiro atoms. The van der Waals surface area contributed by atoms with Crippen molar-refractivity contribution in [1.82, 2.24) is 9.80 Å². The zero-order chi connectivity index (χ0) is 23.9. The summed E-state index contributed by atoms with van der Waals surface area (Å²) in [6.45, 7) is 13.0. The molecule has 4 rings (SSSR count). The lowest BCUT2D eigenvalue weighted by atomic mass is 9.87. The van der Waals surface area contributed by atoms with Gasteiger partial charge in [-0.15, -0.1) is 0 Å². The van der Waals surface area contributed by atoms with Crippen molar-refractivity contribution in [2.24, 2.45) is 5.92 Å². The van der Waals surface area contributed by atoms with Gasteiger partial charge in [-0.3, -0.25) is 9.69 Å². The van der Waals surface area contributed by atoms with Crippen molar-refractivity contribution in [3.63, 3.8) is 0 Å². The molecule has 0 N–H and O–H groups in total. The van der Waals surface area contributed by atoms with Crippen molar-refractivity contribution in [3.8, 4) is 0 Å². The summed E-state index contributed by atoms with van der Waals surface area (Å²) >= 11 is 0. The van der Waals surface area contributed by atoms with Gasteiger partial charge in [-0.05, 0) is 58.4 Å². The Morgan fingerprint density at radius 1 is 0.909 bits per heavy atom. The normalized spacial score (nSPS) is 26.6. The number of carbonyl (C=O) groups is 1. The Bertz CT molecular complexity index is 979. The number of halogens is 2. The summed E-state index contributed by atoms with van der Waals surface area (Å²) in [5.41, 5.74) is 1.46. The first-order chi connectivity index (χ1) is 15.6. The third-order valence-corrected chi connectivity index (χ3v) is 7.23. The number of anilines is 1. The Hall–Kier alpha value is -2.47. The SMILES string of the molecule is C[C@@H]1CN(C(=O)C2CN(C(C)(C)C)CC2c2ccc(F)cc2F)C[C@H](C)N1c1ccccc1. The molecule has 2 aromatic carbocycles. The molecule has 2 aliphatic rings. The van der Waals surface area contributed by atoms with Gasteiger partial charge < -0.3 is 9.80 Å². The van der Waals surface area contributed by atoms with Crippen LogP contribution in [0.1, 0.15) is 46.1 Å². The summed E-state index contributed by atoms with van der Waals surface area (Å²) in [5.74, 6) is -1.74. The minimum atomic E-state index is -0.593. The summed E-state index contributed by atoms with van der Waals surface area (Å²) < 4.78 is 28.4. The monoisotopic (exact) mass is 455 g/mol. The highest BCUT2D eigenvalue weighted by Crippen LogP contribution is 2.39. The molecule has 2 aliphatic heterocycles. The summed E-state index contributed by atoms with van der Waals surface area (Å²) in [4.78, 5) is 20.4. The fourth-order valence-corrected chi connectivity index (χ4v) is 5.57. The molecular weight excluding hydrogens is 420 g/mol. The van der Waals surface area contributed by atoms with Gasteiger partial charge in [0.1, 0.15) is 11.6 Å². The van der Waals surface area contributed by atoms with E-state index in [1.54, 1.807) is 0 Å². The van der Waals surface area contributed by atoms with Crippen LogP contribution in [-0.2, 0) is 4.79 Å². The first-order valence-electron chi connectivity index (χ1n) is 11.9. The van der Waals surface area contributed by atoms with E-state index < -0.39 is 11.6 Å². The van der Waals surface area contributed by atoms with Crippen molar-refractivity contribution >= 4 is 11.6 Å². The molecule has 2 unspecified atom stereocenters. The van der Waals surface area contributed by atoms with Crippen LogP contribution in [0, 0.1) is 17.6 Å². The maximum absolute atomic E-state index is 14.8. The van der Waals surface area contributed by atoms with Crippen molar-refractivity contribution in [1.29, 1.82) is 0 Å². The van der Waals surface area contributed by atoms with E-state index in [0.29, 0.717) is 31.7 Å². The molecule has 178 valence electrons. The summed E-state index contributed by atoms with van der Waals surface area (Å²) in [6, 6.07) is 14.4. The van der Waals surface area contributed by atoms with E-state index in [0.717, 1.165) is 11.8 Å². The molecule has 6 heteroatoms. The fraction of sp³-hybridized carbons (Fsp3) is 0.519. The molecule has 4 atom stereocenters. The van der Waals surface area contributed by atoms with Crippen LogP contribution in [0.2, 0.25) is 0 Å². The first-order valence-corrected chi connectivity index (χ1v) is 11.9. The smallest absolute Gasteiger partial charge is 0.227 e. The van der Waals surface area contributed by atoms with Gasteiger partial charge in [-0.2, -0.15) is 0 Å².